The van der Waals surface area contributed by atoms with Gasteiger partial charge in [-0.2, -0.15) is 0 Å². The zero-order chi connectivity index (χ0) is 14.0. The van der Waals surface area contributed by atoms with Gasteiger partial charge in [0.25, 0.3) is 0 Å². The predicted octanol–water partition coefficient (Wildman–Crippen LogP) is 1.26. The van der Waals surface area contributed by atoms with Gasteiger partial charge in [0, 0.05) is 13.1 Å². The number of aliphatic hydroxyl groups is 1. The van der Waals surface area contributed by atoms with E-state index in [1.54, 1.807) is 12.1 Å². The van der Waals surface area contributed by atoms with Gasteiger partial charge >= 0.3 is 5.97 Å². The number of hydrogen-bond donors (Lipinski definition) is 2. The smallest absolute Gasteiger partial charge is 0.337 e. The molecule has 0 aliphatic carbocycles. The van der Waals surface area contributed by atoms with Gasteiger partial charge in [-0.1, -0.05) is 6.92 Å². The van der Waals surface area contributed by atoms with E-state index < -0.39 is 0 Å². The Hall–Kier alpha value is -1.75. The number of methoxy groups -OCH3 is 1. The van der Waals surface area contributed by atoms with Crippen molar-refractivity contribution in [3.8, 4) is 0 Å². The molecular weight excluding hydrogens is 244 g/mol. The highest BCUT2D eigenvalue weighted by atomic mass is 16.5. The molecule has 0 saturated carbocycles. The molecule has 5 nitrogen and oxygen atoms in total. The van der Waals surface area contributed by atoms with Crippen LogP contribution in [0, 0.1) is 5.92 Å². The van der Waals surface area contributed by atoms with Crippen molar-refractivity contribution in [1.82, 2.24) is 0 Å². The molecule has 5 heteroatoms. The Balaban J connectivity index is 2.19. The SMILES string of the molecule is COC(=O)c1ccc(N2CCC(O)C(C)C2)c(N)c1. The minimum absolute atomic E-state index is 0.216. The van der Waals surface area contributed by atoms with Gasteiger partial charge in [-0.3, -0.25) is 0 Å². The summed E-state index contributed by atoms with van der Waals surface area (Å²) in [7, 11) is 1.35. The number of benzene rings is 1. The number of ether oxygens (including phenoxy) is 1. The largest absolute Gasteiger partial charge is 0.465 e. The maximum atomic E-state index is 11.4. The van der Waals surface area contributed by atoms with Crippen molar-refractivity contribution in [2.24, 2.45) is 5.92 Å². The fraction of sp³-hybridized carbons (Fsp3) is 0.500. The lowest BCUT2D eigenvalue weighted by atomic mass is 9.96. The Bertz CT molecular complexity index is 476. The van der Waals surface area contributed by atoms with Gasteiger partial charge in [-0.05, 0) is 30.5 Å². The minimum atomic E-state index is -0.388. The van der Waals surface area contributed by atoms with Crippen molar-refractivity contribution in [1.29, 1.82) is 0 Å². The van der Waals surface area contributed by atoms with E-state index in [0.29, 0.717) is 11.3 Å². The Morgan fingerprint density at radius 2 is 2.26 bits per heavy atom. The van der Waals surface area contributed by atoms with E-state index in [1.165, 1.54) is 7.11 Å². The number of nitrogen functional groups attached to an aromatic ring is 1. The van der Waals surface area contributed by atoms with Crippen LogP contribution in [0.15, 0.2) is 18.2 Å². The molecule has 1 fully saturated rings. The molecule has 19 heavy (non-hydrogen) atoms. The normalized spacial score (nSPS) is 23.2. The van der Waals surface area contributed by atoms with Gasteiger partial charge in [0.05, 0.1) is 30.2 Å². The van der Waals surface area contributed by atoms with E-state index in [-0.39, 0.29) is 18.0 Å². The van der Waals surface area contributed by atoms with Gasteiger partial charge in [-0.25, -0.2) is 4.79 Å². The molecule has 2 unspecified atom stereocenters. The van der Waals surface area contributed by atoms with Crippen LogP contribution in [-0.2, 0) is 4.74 Å². The molecule has 1 aromatic carbocycles. The fourth-order valence-corrected chi connectivity index (χ4v) is 2.44. The quantitative estimate of drug-likeness (QED) is 0.621. The first-order valence-electron chi connectivity index (χ1n) is 6.43. The Kier molecular flexibility index (Phi) is 3.95. The summed E-state index contributed by atoms with van der Waals surface area (Å²) < 4.78 is 4.67. The average molecular weight is 264 g/mol. The zero-order valence-electron chi connectivity index (χ0n) is 11.3. The molecule has 2 atom stereocenters. The van der Waals surface area contributed by atoms with Crippen LogP contribution in [0.25, 0.3) is 0 Å². The molecule has 0 aromatic heterocycles. The zero-order valence-corrected chi connectivity index (χ0v) is 11.3. The van der Waals surface area contributed by atoms with Gasteiger partial charge in [0.1, 0.15) is 0 Å². The number of nitrogens with zero attached hydrogens (tertiary/aromatic N) is 1. The number of nitrogens with two attached hydrogens (primary N) is 1. The van der Waals surface area contributed by atoms with Crippen LogP contribution >= 0.6 is 0 Å². The number of aliphatic hydroxyl groups excluding tert-OH is 1. The average Bonchev–Trinajstić information content (AvgIpc) is 2.41. The molecule has 104 valence electrons. The third-order valence-corrected chi connectivity index (χ3v) is 3.65. The summed E-state index contributed by atoms with van der Waals surface area (Å²) in [5, 5.41) is 9.74. The first kappa shape index (κ1) is 13.7. The summed E-state index contributed by atoms with van der Waals surface area (Å²) in [5.41, 5.74) is 7.94. The molecule has 3 N–H and O–H groups in total. The second kappa shape index (κ2) is 5.48. The summed E-state index contributed by atoms with van der Waals surface area (Å²) in [4.78, 5) is 13.6. The lowest BCUT2D eigenvalue weighted by Crippen LogP contribution is -2.42. The van der Waals surface area contributed by atoms with Crippen LogP contribution in [0.4, 0.5) is 11.4 Å². The number of anilines is 2. The predicted molar refractivity (Wildman–Crippen MR) is 74.2 cm³/mol. The van der Waals surface area contributed by atoms with Crippen LogP contribution in [-0.4, -0.2) is 37.4 Å². The molecule has 0 amide bonds. The topological polar surface area (TPSA) is 75.8 Å². The monoisotopic (exact) mass is 264 g/mol. The first-order chi connectivity index (χ1) is 9.02. The van der Waals surface area contributed by atoms with Crippen LogP contribution in [0.5, 0.6) is 0 Å². The van der Waals surface area contributed by atoms with Gasteiger partial charge in [0.2, 0.25) is 0 Å². The fourth-order valence-electron chi connectivity index (χ4n) is 2.44. The second-order valence-corrected chi connectivity index (χ2v) is 5.04. The molecule has 0 bridgehead atoms. The van der Waals surface area contributed by atoms with Crippen LogP contribution in [0.1, 0.15) is 23.7 Å². The Labute approximate surface area is 113 Å². The number of hydrogen-bond acceptors (Lipinski definition) is 5. The summed E-state index contributed by atoms with van der Waals surface area (Å²) in [6, 6.07) is 5.19. The van der Waals surface area contributed by atoms with Crippen molar-refractivity contribution < 1.29 is 14.6 Å². The van der Waals surface area contributed by atoms with E-state index in [1.807, 2.05) is 13.0 Å². The third-order valence-electron chi connectivity index (χ3n) is 3.65. The third kappa shape index (κ3) is 2.81. The summed E-state index contributed by atoms with van der Waals surface area (Å²) in [5.74, 6) is -0.172. The van der Waals surface area contributed by atoms with E-state index in [0.717, 1.165) is 25.2 Å². The van der Waals surface area contributed by atoms with E-state index in [9.17, 15) is 9.90 Å². The number of carbonyl (C=O) groups excluding carboxylic acids is 1. The summed E-state index contributed by atoms with van der Waals surface area (Å²) >= 11 is 0. The highest BCUT2D eigenvalue weighted by Gasteiger charge is 2.25. The van der Waals surface area contributed by atoms with E-state index in [4.69, 9.17) is 5.73 Å². The molecule has 2 rings (SSSR count). The van der Waals surface area contributed by atoms with Crippen LogP contribution < -0.4 is 10.6 Å². The molecule has 1 aliphatic rings. The highest BCUT2D eigenvalue weighted by molar-refractivity contribution is 5.92. The van der Waals surface area contributed by atoms with E-state index in [2.05, 4.69) is 9.64 Å². The molecule has 1 saturated heterocycles. The van der Waals surface area contributed by atoms with E-state index >= 15 is 0 Å². The summed E-state index contributed by atoms with van der Waals surface area (Å²) in [6.45, 7) is 3.56. The Morgan fingerprint density at radius 3 is 2.84 bits per heavy atom. The van der Waals surface area contributed by atoms with Crippen molar-refractivity contribution in [2.75, 3.05) is 30.8 Å². The summed E-state index contributed by atoms with van der Waals surface area (Å²) in [6.07, 6.45) is 0.492. The van der Waals surface area contributed by atoms with Gasteiger partial charge in [-0.15, -0.1) is 0 Å². The first-order valence-corrected chi connectivity index (χ1v) is 6.43. The molecule has 1 aliphatic heterocycles. The molecule has 0 spiro atoms. The van der Waals surface area contributed by atoms with Crippen molar-refractivity contribution in [3.05, 3.63) is 23.8 Å². The molecular formula is C14H20N2O3. The molecule has 1 heterocycles. The molecule has 0 radical (unpaired) electrons. The van der Waals surface area contributed by atoms with Crippen molar-refractivity contribution in [2.45, 2.75) is 19.4 Å². The number of esters is 1. The standard InChI is InChI=1S/C14H20N2O3/c1-9-8-16(6-5-13(9)17)12-4-3-10(7-11(12)15)14(18)19-2/h3-4,7,9,13,17H,5-6,8,15H2,1-2H3. The Morgan fingerprint density at radius 1 is 1.53 bits per heavy atom. The second-order valence-electron chi connectivity index (χ2n) is 5.04. The molecule has 1 aromatic rings. The minimum Gasteiger partial charge on any atom is -0.465 e. The van der Waals surface area contributed by atoms with Crippen LogP contribution in [0.2, 0.25) is 0 Å². The van der Waals surface area contributed by atoms with Crippen molar-refractivity contribution in [3.63, 3.8) is 0 Å². The number of rotatable bonds is 2. The lowest BCUT2D eigenvalue weighted by molar-refractivity contribution is 0.0601. The van der Waals surface area contributed by atoms with Gasteiger partial charge < -0.3 is 20.5 Å². The lowest BCUT2D eigenvalue weighted by Gasteiger charge is -2.36. The van der Waals surface area contributed by atoms with Crippen LogP contribution in [0.3, 0.4) is 0 Å². The van der Waals surface area contributed by atoms with Crippen molar-refractivity contribution >= 4 is 17.3 Å². The van der Waals surface area contributed by atoms with Gasteiger partial charge in [0.15, 0.2) is 0 Å². The maximum Gasteiger partial charge on any atom is 0.337 e. The number of carbonyl (C=O) groups is 1. The number of piperidine rings is 1. The maximum absolute atomic E-state index is 11.4. The highest BCUT2D eigenvalue weighted by Crippen LogP contribution is 2.29.